The van der Waals surface area contributed by atoms with Crippen LogP contribution in [0.5, 0.6) is 0 Å². The van der Waals surface area contributed by atoms with E-state index in [-0.39, 0.29) is 30.7 Å². The highest BCUT2D eigenvalue weighted by molar-refractivity contribution is 5.89. The summed E-state index contributed by atoms with van der Waals surface area (Å²) >= 11 is 0. The minimum atomic E-state index is -0.632. The number of rotatable bonds is 21. The molecule has 208 valence electrons. The molecule has 1 aliphatic heterocycles. The number of carbonyl (C=O) groups excluding carboxylic acids is 4. The molecular weight excluding hydrogens is 470 g/mol. The Hall–Kier alpha value is -2.12. The lowest BCUT2D eigenvalue weighted by molar-refractivity contribution is -0.139. The topological polar surface area (TPSA) is 175 Å². The molecule has 1 saturated heterocycles. The molecule has 36 heavy (non-hydrogen) atoms. The lowest BCUT2D eigenvalue weighted by atomic mass is 10.1. The van der Waals surface area contributed by atoms with Crippen LogP contribution in [0.1, 0.15) is 51.9 Å². The van der Waals surface area contributed by atoms with Crippen LogP contribution in [-0.4, -0.2) is 106 Å². The lowest BCUT2D eigenvalue weighted by Crippen LogP contribution is -2.50. The van der Waals surface area contributed by atoms with Crippen molar-refractivity contribution >= 4 is 24.0 Å². The van der Waals surface area contributed by atoms with Gasteiger partial charge < -0.3 is 46.0 Å². The van der Waals surface area contributed by atoms with E-state index in [9.17, 15) is 19.2 Å². The van der Waals surface area contributed by atoms with E-state index in [4.69, 9.17) is 25.7 Å². The summed E-state index contributed by atoms with van der Waals surface area (Å²) in [6.45, 7) is 5.39. The Morgan fingerprint density at radius 1 is 1.06 bits per heavy atom. The van der Waals surface area contributed by atoms with Crippen molar-refractivity contribution in [1.82, 2.24) is 15.5 Å². The van der Waals surface area contributed by atoms with Gasteiger partial charge in [0.05, 0.1) is 51.7 Å². The number of unbranched alkanes of at least 4 members (excludes halogenated alkanes) is 1. The summed E-state index contributed by atoms with van der Waals surface area (Å²) in [4.78, 5) is 49.3. The summed E-state index contributed by atoms with van der Waals surface area (Å²) in [5.74, 6) is -0.663. The van der Waals surface area contributed by atoms with Crippen molar-refractivity contribution < 1.29 is 33.4 Å². The van der Waals surface area contributed by atoms with Gasteiger partial charge >= 0.3 is 0 Å². The highest BCUT2D eigenvalue weighted by Crippen LogP contribution is 2.17. The van der Waals surface area contributed by atoms with Crippen LogP contribution in [0.4, 0.5) is 0 Å². The van der Waals surface area contributed by atoms with Gasteiger partial charge in [-0.25, -0.2) is 0 Å². The Kier molecular flexibility index (Phi) is 17.7. The number of nitrogens with zero attached hydrogens (tertiary/aromatic N) is 1. The summed E-state index contributed by atoms with van der Waals surface area (Å²) in [7, 11) is 0. The molecule has 0 saturated carbocycles. The second kappa shape index (κ2) is 20.0. The summed E-state index contributed by atoms with van der Waals surface area (Å²) < 4.78 is 16.2. The molecule has 3 amide bonds. The van der Waals surface area contributed by atoms with Gasteiger partial charge in [-0.3, -0.25) is 14.4 Å². The summed E-state index contributed by atoms with van der Waals surface area (Å²) in [5, 5.41) is 5.47. The van der Waals surface area contributed by atoms with Crippen LogP contribution in [0.3, 0.4) is 0 Å². The van der Waals surface area contributed by atoms with Crippen molar-refractivity contribution in [3.63, 3.8) is 0 Å². The largest absolute Gasteiger partial charge is 0.379 e. The van der Waals surface area contributed by atoms with Gasteiger partial charge in [0.25, 0.3) is 0 Å². The summed E-state index contributed by atoms with van der Waals surface area (Å²) in [5.41, 5.74) is 11.2. The quantitative estimate of drug-likeness (QED) is 0.111. The van der Waals surface area contributed by atoms with Crippen LogP contribution < -0.4 is 22.1 Å². The van der Waals surface area contributed by atoms with Crippen molar-refractivity contribution in [3.05, 3.63) is 0 Å². The van der Waals surface area contributed by atoms with Gasteiger partial charge in [-0.15, -0.1) is 0 Å². The predicted octanol–water partition coefficient (Wildman–Crippen LogP) is -0.916. The zero-order valence-electron chi connectivity index (χ0n) is 21.6. The number of likely N-dealkylation sites (tertiary alicyclic amines) is 1. The number of amides is 3. The minimum absolute atomic E-state index is 0.131. The second-order valence-electron chi connectivity index (χ2n) is 8.67. The molecule has 6 N–H and O–H groups in total. The van der Waals surface area contributed by atoms with Crippen molar-refractivity contribution in [3.8, 4) is 0 Å². The van der Waals surface area contributed by atoms with E-state index >= 15 is 0 Å². The molecule has 0 aromatic rings. The van der Waals surface area contributed by atoms with Crippen LogP contribution in [0.2, 0.25) is 0 Å². The standard InChI is InChI=1S/C24H45N5O7/c1-2-21(24(33)29-11-5-6-19(29)18-30)28-22(31)8-12-34-14-16-36-17-15-35-13-10-27-23(32)20(26)7-3-4-9-25/h18-21H,2-17,25-26H2,1H3,(H,27,32)(H,28,31). The van der Waals surface area contributed by atoms with Gasteiger partial charge in [0.1, 0.15) is 12.3 Å². The third kappa shape index (κ3) is 13.3. The average molecular weight is 516 g/mol. The molecule has 0 bridgehead atoms. The smallest absolute Gasteiger partial charge is 0.245 e. The third-order valence-electron chi connectivity index (χ3n) is 5.85. The van der Waals surface area contributed by atoms with Crippen molar-refractivity contribution in [1.29, 1.82) is 0 Å². The van der Waals surface area contributed by atoms with Crippen LogP contribution in [0.25, 0.3) is 0 Å². The van der Waals surface area contributed by atoms with Crippen molar-refractivity contribution in [2.75, 3.05) is 59.3 Å². The van der Waals surface area contributed by atoms with E-state index in [2.05, 4.69) is 10.6 Å². The summed E-state index contributed by atoms with van der Waals surface area (Å²) in [6.07, 6.45) is 5.16. The Balaban J connectivity index is 1.98. The first kappa shape index (κ1) is 31.9. The fraction of sp³-hybridized carbons (Fsp3) is 0.833. The first-order chi connectivity index (χ1) is 17.4. The molecule has 12 heteroatoms. The number of hydrogen-bond donors (Lipinski definition) is 4. The maximum Gasteiger partial charge on any atom is 0.245 e. The normalized spacial score (nSPS) is 17.0. The Morgan fingerprint density at radius 3 is 2.36 bits per heavy atom. The Labute approximate surface area is 214 Å². The van der Waals surface area contributed by atoms with Gasteiger partial charge in [0, 0.05) is 19.5 Å². The number of hydrogen-bond acceptors (Lipinski definition) is 9. The fourth-order valence-electron chi connectivity index (χ4n) is 3.74. The number of aldehydes is 1. The second-order valence-corrected chi connectivity index (χ2v) is 8.67. The molecule has 0 radical (unpaired) electrons. The Morgan fingerprint density at radius 2 is 1.72 bits per heavy atom. The molecule has 0 aromatic carbocycles. The molecular formula is C24H45N5O7. The number of nitrogens with one attached hydrogen (secondary N) is 2. The average Bonchev–Trinajstić information content (AvgIpc) is 3.36. The van der Waals surface area contributed by atoms with E-state index in [0.29, 0.717) is 71.9 Å². The fourth-order valence-corrected chi connectivity index (χ4v) is 3.74. The molecule has 1 rings (SSSR count). The van der Waals surface area contributed by atoms with Crippen LogP contribution in [0, 0.1) is 0 Å². The van der Waals surface area contributed by atoms with E-state index in [0.717, 1.165) is 25.5 Å². The van der Waals surface area contributed by atoms with Gasteiger partial charge in [-0.05, 0) is 38.6 Å². The zero-order chi connectivity index (χ0) is 26.6. The minimum Gasteiger partial charge on any atom is -0.379 e. The van der Waals surface area contributed by atoms with Crippen molar-refractivity contribution in [2.45, 2.75) is 70.0 Å². The van der Waals surface area contributed by atoms with Gasteiger partial charge in [-0.1, -0.05) is 13.3 Å². The molecule has 1 aliphatic rings. The van der Waals surface area contributed by atoms with E-state index in [1.54, 1.807) is 4.90 Å². The number of carbonyl (C=O) groups is 4. The molecule has 0 spiro atoms. The van der Waals surface area contributed by atoms with E-state index in [1.807, 2.05) is 6.92 Å². The van der Waals surface area contributed by atoms with Gasteiger partial charge in [-0.2, -0.15) is 0 Å². The first-order valence-corrected chi connectivity index (χ1v) is 13.0. The van der Waals surface area contributed by atoms with Gasteiger partial charge in [0.2, 0.25) is 17.7 Å². The molecule has 1 fully saturated rings. The van der Waals surface area contributed by atoms with E-state index < -0.39 is 18.1 Å². The maximum atomic E-state index is 12.6. The molecule has 3 unspecified atom stereocenters. The lowest BCUT2D eigenvalue weighted by Gasteiger charge is -2.26. The molecule has 1 heterocycles. The highest BCUT2D eigenvalue weighted by Gasteiger charge is 2.32. The SMILES string of the molecule is CCC(NC(=O)CCOCCOCCOCCNC(=O)C(N)CCCCN)C(=O)N1CCCC1C=O. The van der Waals surface area contributed by atoms with Gasteiger partial charge in [0.15, 0.2) is 0 Å². The highest BCUT2D eigenvalue weighted by atomic mass is 16.5. The predicted molar refractivity (Wildman–Crippen MR) is 134 cm³/mol. The number of ether oxygens (including phenoxy) is 3. The molecule has 3 atom stereocenters. The van der Waals surface area contributed by atoms with Crippen molar-refractivity contribution in [2.24, 2.45) is 11.5 Å². The van der Waals surface area contributed by atoms with Crippen LogP contribution in [0.15, 0.2) is 0 Å². The van der Waals surface area contributed by atoms with Crippen LogP contribution >= 0.6 is 0 Å². The number of nitrogens with two attached hydrogens (primary N) is 2. The van der Waals surface area contributed by atoms with E-state index in [1.165, 1.54) is 0 Å². The van der Waals surface area contributed by atoms with Crippen LogP contribution in [-0.2, 0) is 33.4 Å². The first-order valence-electron chi connectivity index (χ1n) is 13.0. The molecule has 12 nitrogen and oxygen atoms in total. The maximum absolute atomic E-state index is 12.6. The zero-order valence-corrected chi connectivity index (χ0v) is 21.6. The monoisotopic (exact) mass is 515 g/mol. The third-order valence-corrected chi connectivity index (χ3v) is 5.85. The molecule has 0 aliphatic carbocycles. The Bertz CT molecular complexity index is 652. The molecule has 0 aromatic heterocycles. The summed E-state index contributed by atoms with van der Waals surface area (Å²) in [6, 6.07) is -1.54.